The van der Waals surface area contributed by atoms with E-state index in [9.17, 15) is 0 Å². The van der Waals surface area contributed by atoms with E-state index in [1.807, 2.05) is 23.1 Å². The Morgan fingerprint density at radius 3 is 2.60 bits per heavy atom. The molecule has 0 unspecified atom stereocenters. The average Bonchev–Trinajstić information content (AvgIpc) is 2.88. The largest absolute Gasteiger partial charge is 0.306 e. The van der Waals surface area contributed by atoms with Gasteiger partial charge < -0.3 is 5.32 Å². The molecule has 0 aliphatic carbocycles. The summed E-state index contributed by atoms with van der Waals surface area (Å²) < 4.78 is 1.81. The standard InChI is InChI=1S/C15H23N5/c1-11(2)14-16-10-13(20-8-6-7-18-20)12(19-14)9-17-15(3,4)5/h6-8,10-11,17H,9H2,1-5H3. The van der Waals surface area contributed by atoms with Gasteiger partial charge in [0.25, 0.3) is 0 Å². The van der Waals surface area contributed by atoms with Crippen molar-refractivity contribution in [3.63, 3.8) is 0 Å². The van der Waals surface area contributed by atoms with Crippen molar-refractivity contribution < 1.29 is 0 Å². The van der Waals surface area contributed by atoms with Gasteiger partial charge in [-0.25, -0.2) is 14.6 Å². The van der Waals surface area contributed by atoms with Crippen LogP contribution < -0.4 is 5.32 Å². The zero-order valence-corrected chi connectivity index (χ0v) is 12.9. The predicted molar refractivity (Wildman–Crippen MR) is 79.8 cm³/mol. The van der Waals surface area contributed by atoms with Crippen LogP contribution in [0.1, 0.15) is 52.1 Å². The van der Waals surface area contributed by atoms with E-state index in [2.05, 4.69) is 50.0 Å². The minimum atomic E-state index is 0.0460. The van der Waals surface area contributed by atoms with Crippen LogP contribution in [0.25, 0.3) is 5.69 Å². The Labute approximate surface area is 120 Å². The molecule has 0 radical (unpaired) electrons. The second kappa shape index (κ2) is 5.71. The number of hydrogen-bond acceptors (Lipinski definition) is 4. The van der Waals surface area contributed by atoms with Gasteiger partial charge in [-0.15, -0.1) is 0 Å². The summed E-state index contributed by atoms with van der Waals surface area (Å²) >= 11 is 0. The van der Waals surface area contributed by atoms with E-state index in [4.69, 9.17) is 4.98 Å². The Morgan fingerprint density at radius 2 is 2.05 bits per heavy atom. The highest BCUT2D eigenvalue weighted by molar-refractivity contribution is 5.33. The molecule has 2 aromatic heterocycles. The summed E-state index contributed by atoms with van der Waals surface area (Å²) in [5.74, 6) is 1.18. The van der Waals surface area contributed by atoms with Crippen LogP contribution in [-0.4, -0.2) is 25.3 Å². The summed E-state index contributed by atoms with van der Waals surface area (Å²) in [6, 6.07) is 1.90. The Balaban J connectivity index is 2.36. The molecule has 108 valence electrons. The van der Waals surface area contributed by atoms with E-state index < -0.39 is 0 Å². The van der Waals surface area contributed by atoms with Crippen molar-refractivity contribution in [2.75, 3.05) is 0 Å². The van der Waals surface area contributed by atoms with Crippen LogP contribution in [-0.2, 0) is 6.54 Å². The van der Waals surface area contributed by atoms with Crippen LogP contribution in [0.2, 0.25) is 0 Å². The molecule has 2 heterocycles. The highest BCUT2D eigenvalue weighted by Gasteiger charge is 2.15. The molecule has 0 saturated carbocycles. The molecule has 0 bridgehead atoms. The van der Waals surface area contributed by atoms with Crippen molar-refractivity contribution in [3.8, 4) is 5.69 Å². The van der Waals surface area contributed by atoms with E-state index in [0.717, 1.165) is 17.2 Å². The first-order valence-electron chi connectivity index (χ1n) is 6.97. The van der Waals surface area contributed by atoms with Crippen LogP contribution in [0.4, 0.5) is 0 Å². The summed E-state index contributed by atoms with van der Waals surface area (Å²) in [4.78, 5) is 9.14. The van der Waals surface area contributed by atoms with Crippen molar-refractivity contribution in [2.45, 2.75) is 52.6 Å². The fourth-order valence-electron chi connectivity index (χ4n) is 1.79. The molecule has 0 atom stereocenters. The molecule has 2 aromatic rings. The second-order valence-electron chi connectivity index (χ2n) is 6.27. The predicted octanol–water partition coefficient (Wildman–Crippen LogP) is 2.67. The van der Waals surface area contributed by atoms with Crippen LogP contribution in [0, 0.1) is 0 Å². The second-order valence-corrected chi connectivity index (χ2v) is 6.27. The Kier molecular flexibility index (Phi) is 4.18. The molecule has 0 aliphatic heterocycles. The molecule has 0 spiro atoms. The number of nitrogens with zero attached hydrogens (tertiary/aromatic N) is 4. The molecule has 20 heavy (non-hydrogen) atoms. The minimum absolute atomic E-state index is 0.0460. The summed E-state index contributed by atoms with van der Waals surface area (Å²) in [5, 5.41) is 7.75. The van der Waals surface area contributed by atoms with E-state index in [1.54, 1.807) is 6.20 Å². The van der Waals surface area contributed by atoms with Gasteiger partial charge >= 0.3 is 0 Å². The summed E-state index contributed by atoms with van der Waals surface area (Å²) in [5.41, 5.74) is 1.95. The molecular formula is C15H23N5. The average molecular weight is 273 g/mol. The quantitative estimate of drug-likeness (QED) is 0.930. The third-order valence-electron chi connectivity index (χ3n) is 2.92. The molecule has 0 fully saturated rings. The molecule has 0 aliphatic rings. The number of rotatable bonds is 4. The molecule has 0 saturated heterocycles. The number of hydrogen-bond donors (Lipinski definition) is 1. The van der Waals surface area contributed by atoms with Crippen molar-refractivity contribution in [1.29, 1.82) is 0 Å². The fraction of sp³-hybridized carbons (Fsp3) is 0.533. The normalized spacial score (nSPS) is 12.1. The van der Waals surface area contributed by atoms with Gasteiger partial charge in [0.05, 0.1) is 11.9 Å². The van der Waals surface area contributed by atoms with Gasteiger partial charge in [0, 0.05) is 30.4 Å². The Morgan fingerprint density at radius 1 is 1.30 bits per heavy atom. The SMILES string of the molecule is CC(C)c1ncc(-n2cccn2)c(CNC(C)(C)C)n1. The van der Waals surface area contributed by atoms with Crippen LogP contribution in [0.3, 0.4) is 0 Å². The third kappa shape index (κ3) is 3.63. The lowest BCUT2D eigenvalue weighted by atomic mass is 10.1. The maximum absolute atomic E-state index is 4.70. The first-order valence-corrected chi connectivity index (χ1v) is 6.97. The van der Waals surface area contributed by atoms with Crippen molar-refractivity contribution in [2.24, 2.45) is 0 Å². The molecule has 5 heteroatoms. The van der Waals surface area contributed by atoms with Crippen molar-refractivity contribution >= 4 is 0 Å². The van der Waals surface area contributed by atoms with Gasteiger partial charge in [-0.2, -0.15) is 5.10 Å². The molecule has 0 amide bonds. The summed E-state index contributed by atoms with van der Waals surface area (Å²) in [6.07, 6.45) is 5.53. The smallest absolute Gasteiger partial charge is 0.131 e. The first kappa shape index (κ1) is 14.7. The monoisotopic (exact) mass is 273 g/mol. The topological polar surface area (TPSA) is 55.6 Å². The van der Waals surface area contributed by atoms with E-state index >= 15 is 0 Å². The number of aromatic nitrogens is 4. The summed E-state index contributed by atoms with van der Waals surface area (Å²) in [7, 11) is 0. The van der Waals surface area contributed by atoms with Crippen molar-refractivity contribution in [1.82, 2.24) is 25.1 Å². The number of nitrogens with one attached hydrogen (secondary N) is 1. The third-order valence-corrected chi connectivity index (χ3v) is 2.92. The van der Waals surface area contributed by atoms with Gasteiger partial charge in [-0.05, 0) is 26.8 Å². The molecule has 0 aromatic carbocycles. The first-order chi connectivity index (χ1) is 9.37. The highest BCUT2D eigenvalue weighted by Crippen LogP contribution is 2.16. The lowest BCUT2D eigenvalue weighted by Gasteiger charge is -2.21. The van der Waals surface area contributed by atoms with Gasteiger partial charge in [0.15, 0.2) is 0 Å². The van der Waals surface area contributed by atoms with E-state index in [0.29, 0.717) is 12.5 Å². The molecule has 2 rings (SSSR count). The van der Waals surface area contributed by atoms with Crippen LogP contribution in [0.15, 0.2) is 24.7 Å². The van der Waals surface area contributed by atoms with Crippen molar-refractivity contribution in [3.05, 3.63) is 36.2 Å². The van der Waals surface area contributed by atoms with Gasteiger partial charge in [0.1, 0.15) is 11.5 Å². The molecular weight excluding hydrogens is 250 g/mol. The van der Waals surface area contributed by atoms with E-state index in [1.165, 1.54) is 0 Å². The van der Waals surface area contributed by atoms with Crippen LogP contribution >= 0.6 is 0 Å². The minimum Gasteiger partial charge on any atom is -0.306 e. The maximum atomic E-state index is 4.70. The zero-order valence-electron chi connectivity index (χ0n) is 12.9. The van der Waals surface area contributed by atoms with Gasteiger partial charge in [0.2, 0.25) is 0 Å². The fourth-order valence-corrected chi connectivity index (χ4v) is 1.79. The zero-order chi connectivity index (χ0) is 14.8. The highest BCUT2D eigenvalue weighted by atomic mass is 15.3. The molecule has 1 N–H and O–H groups in total. The van der Waals surface area contributed by atoms with Gasteiger partial charge in [-0.3, -0.25) is 0 Å². The lowest BCUT2D eigenvalue weighted by Crippen LogP contribution is -2.35. The Bertz CT molecular complexity index is 552. The summed E-state index contributed by atoms with van der Waals surface area (Å²) in [6.45, 7) is 11.3. The van der Waals surface area contributed by atoms with Gasteiger partial charge in [-0.1, -0.05) is 13.8 Å². The Hall–Kier alpha value is -1.75. The lowest BCUT2D eigenvalue weighted by molar-refractivity contribution is 0.419. The maximum Gasteiger partial charge on any atom is 0.131 e. The molecule has 5 nitrogen and oxygen atoms in total. The van der Waals surface area contributed by atoms with E-state index in [-0.39, 0.29) is 5.54 Å². The van der Waals surface area contributed by atoms with Crippen LogP contribution in [0.5, 0.6) is 0 Å².